The number of carbonyl (C=O) groups excluding carboxylic acids is 1. The van der Waals surface area contributed by atoms with Crippen molar-refractivity contribution in [1.29, 1.82) is 0 Å². The number of methoxy groups -OCH3 is 2. The third kappa shape index (κ3) is 4.75. The lowest BCUT2D eigenvalue weighted by molar-refractivity contribution is -0.140. The number of amidine groups is 1. The van der Waals surface area contributed by atoms with Crippen LogP contribution in [0.5, 0.6) is 5.75 Å². The number of benzene rings is 2. The minimum absolute atomic E-state index is 0.0569. The van der Waals surface area contributed by atoms with Gasteiger partial charge < -0.3 is 14.4 Å². The van der Waals surface area contributed by atoms with Gasteiger partial charge in [-0.05, 0) is 47.9 Å². The Bertz CT molecular complexity index is 971. The summed E-state index contributed by atoms with van der Waals surface area (Å²) >= 11 is 0. The summed E-state index contributed by atoms with van der Waals surface area (Å²) in [5, 5.41) is 0. The van der Waals surface area contributed by atoms with Crippen LogP contribution in [0, 0.1) is 0 Å². The predicted octanol–water partition coefficient (Wildman–Crippen LogP) is 4.33. The summed E-state index contributed by atoms with van der Waals surface area (Å²) in [6, 6.07) is 8.90. The molecule has 30 heavy (non-hydrogen) atoms. The van der Waals surface area contributed by atoms with Crippen LogP contribution in [0.1, 0.15) is 23.6 Å². The number of esters is 1. The molecule has 8 heteroatoms. The maximum Gasteiger partial charge on any atom is 0.416 e. The highest BCUT2D eigenvalue weighted by Gasteiger charge is 2.31. The number of nitrogens with zero attached hydrogens (tertiary/aromatic N) is 2. The van der Waals surface area contributed by atoms with E-state index in [4.69, 9.17) is 9.47 Å². The first-order chi connectivity index (χ1) is 14.2. The zero-order valence-corrected chi connectivity index (χ0v) is 17.0. The van der Waals surface area contributed by atoms with Crippen LogP contribution in [0.2, 0.25) is 0 Å². The van der Waals surface area contributed by atoms with Crippen molar-refractivity contribution in [3.8, 4) is 16.9 Å². The molecular formula is C22H23F3N2O3. The molecule has 0 unspecified atom stereocenters. The Balaban J connectivity index is 2.10. The van der Waals surface area contributed by atoms with E-state index in [1.165, 1.54) is 26.4 Å². The molecule has 0 fully saturated rings. The predicted molar refractivity (Wildman–Crippen MR) is 108 cm³/mol. The molecule has 0 N–H and O–H groups in total. The maximum atomic E-state index is 13.4. The maximum absolute atomic E-state index is 13.4. The molecule has 0 saturated carbocycles. The minimum Gasteiger partial charge on any atom is -0.496 e. The highest BCUT2D eigenvalue weighted by Crippen LogP contribution is 2.38. The Morgan fingerprint density at radius 3 is 2.50 bits per heavy atom. The molecule has 3 rings (SSSR count). The SMILES string of the molecule is COC(=O)Cc1ccc(OC)c(-c2ccc(C(F)(F)F)cc2CN2CCN=C2C)c1. The zero-order chi connectivity index (χ0) is 21.9. The summed E-state index contributed by atoms with van der Waals surface area (Å²) in [5.74, 6) is 0.906. The first-order valence-electron chi connectivity index (χ1n) is 9.43. The van der Waals surface area contributed by atoms with E-state index in [1.54, 1.807) is 18.2 Å². The smallest absolute Gasteiger partial charge is 0.416 e. The number of alkyl halides is 3. The second kappa shape index (κ2) is 8.77. The lowest BCUT2D eigenvalue weighted by Gasteiger charge is -2.22. The van der Waals surface area contributed by atoms with Crippen molar-refractivity contribution >= 4 is 11.8 Å². The molecule has 0 spiro atoms. The number of aliphatic imine (C=N–C) groups is 1. The number of ether oxygens (including phenoxy) is 2. The molecule has 0 atom stereocenters. The fourth-order valence-corrected chi connectivity index (χ4v) is 3.47. The van der Waals surface area contributed by atoms with Gasteiger partial charge in [-0.25, -0.2) is 0 Å². The monoisotopic (exact) mass is 420 g/mol. The average Bonchev–Trinajstić information content (AvgIpc) is 3.11. The zero-order valence-electron chi connectivity index (χ0n) is 17.0. The van der Waals surface area contributed by atoms with E-state index in [2.05, 4.69) is 4.99 Å². The van der Waals surface area contributed by atoms with Gasteiger partial charge in [-0.1, -0.05) is 12.1 Å². The molecule has 0 amide bonds. The van der Waals surface area contributed by atoms with Gasteiger partial charge in [-0.15, -0.1) is 0 Å². The highest BCUT2D eigenvalue weighted by molar-refractivity contribution is 5.82. The van der Waals surface area contributed by atoms with Gasteiger partial charge in [0.15, 0.2) is 0 Å². The van der Waals surface area contributed by atoms with Crippen molar-refractivity contribution in [1.82, 2.24) is 4.90 Å². The van der Waals surface area contributed by atoms with Crippen LogP contribution in [0.15, 0.2) is 41.4 Å². The molecule has 1 aliphatic rings. The van der Waals surface area contributed by atoms with Crippen molar-refractivity contribution in [2.45, 2.75) is 26.1 Å². The van der Waals surface area contributed by atoms with E-state index < -0.39 is 17.7 Å². The topological polar surface area (TPSA) is 51.1 Å². The number of hydrogen-bond donors (Lipinski definition) is 0. The van der Waals surface area contributed by atoms with Gasteiger partial charge in [-0.2, -0.15) is 13.2 Å². The standard InChI is InChI=1S/C22H23F3N2O3/c1-14-26-8-9-27(14)13-16-12-17(22(23,24)25)5-6-18(16)19-10-15(11-21(28)30-3)4-7-20(19)29-2/h4-7,10,12H,8-9,11,13H2,1-3H3. The van der Waals surface area contributed by atoms with Gasteiger partial charge in [0.05, 0.1) is 38.6 Å². The van der Waals surface area contributed by atoms with Gasteiger partial charge in [0.25, 0.3) is 0 Å². The van der Waals surface area contributed by atoms with E-state index in [0.29, 0.717) is 47.6 Å². The summed E-state index contributed by atoms with van der Waals surface area (Å²) in [6.45, 7) is 3.41. The van der Waals surface area contributed by atoms with Crippen LogP contribution >= 0.6 is 0 Å². The van der Waals surface area contributed by atoms with Crippen LogP contribution in [0.3, 0.4) is 0 Å². The minimum atomic E-state index is -4.45. The molecule has 0 bridgehead atoms. The fourth-order valence-electron chi connectivity index (χ4n) is 3.47. The molecular weight excluding hydrogens is 397 g/mol. The van der Waals surface area contributed by atoms with E-state index in [0.717, 1.165) is 11.9 Å². The van der Waals surface area contributed by atoms with Gasteiger partial charge >= 0.3 is 12.1 Å². The first kappa shape index (κ1) is 21.7. The number of hydrogen-bond acceptors (Lipinski definition) is 5. The van der Waals surface area contributed by atoms with Crippen LogP contribution < -0.4 is 4.74 Å². The summed E-state index contributed by atoms with van der Waals surface area (Å²) in [4.78, 5) is 17.9. The quantitative estimate of drug-likeness (QED) is 0.653. The molecule has 1 heterocycles. The van der Waals surface area contributed by atoms with Crippen LogP contribution in [0.4, 0.5) is 13.2 Å². The average molecular weight is 420 g/mol. The Morgan fingerprint density at radius 1 is 1.13 bits per heavy atom. The Kier molecular flexibility index (Phi) is 6.34. The first-order valence-corrected chi connectivity index (χ1v) is 9.43. The second-order valence-corrected chi connectivity index (χ2v) is 7.01. The normalized spacial score (nSPS) is 13.9. The van der Waals surface area contributed by atoms with Gasteiger partial charge in [0, 0.05) is 18.7 Å². The van der Waals surface area contributed by atoms with E-state index in [1.807, 2.05) is 11.8 Å². The summed E-state index contributed by atoms with van der Waals surface area (Å²) in [7, 11) is 2.81. The van der Waals surface area contributed by atoms with Crippen LogP contribution in [-0.4, -0.2) is 44.0 Å². The third-order valence-corrected chi connectivity index (χ3v) is 5.09. The molecule has 0 radical (unpaired) electrons. The van der Waals surface area contributed by atoms with Gasteiger partial charge in [0.2, 0.25) is 0 Å². The molecule has 160 valence electrons. The van der Waals surface area contributed by atoms with Crippen LogP contribution in [-0.2, 0) is 28.7 Å². The number of halogens is 3. The lowest BCUT2D eigenvalue weighted by atomic mass is 9.94. The summed E-state index contributed by atoms with van der Waals surface area (Å²) < 4.78 is 50.3. The molecule has 2 aromatic carbocycles. The highest BCUT2D eigenvalue weighted by atomic mass is 19.4. The molecule has 1 aliphatic heterocycles. The van der Waals surface area contributed by atoms with Gasteiger partial charge in [-0.3, -0.25) is 9.79 Å². The Hall–Kier alpha value is -3.03. The third-order valence-electron chi connectivity index (χ3n) is 5.09. The molecule has 2 aromatic rings. The van der Waals surface area contributed by atoms with Crippen molar-refractivity contribution in [3.63, 3.8) is 0 Å². The summed E-state index contributed by atoms with van der Waals surface area (Å²) in [6.07, 6.45) is -4.39. The van der Waals surface area contributed by atoms with Crippen molar-refractivity contribution < 1.29 is 27.4 Å². The van der Waals surface area contributed by atoms with Crippen LogP contribution in [0.25, 0.3) is 11.1 Å². The van der Waals surface area contributed by atoms with Crippen molar-refractivity contribution in [2.75, 3.05) is 27.3 Å². The van der Waals surface area contributed by atoms with Crippen molar-refractivity contribution in [3.05, 3.63) is 53.1 Å². The fraction of sp³-hybridized carbons (Fsp3) is 0.364. The lowest BCUT2D eigenvalue weighted by Crippen LogP contribution is -2.25. The Morgan fingerprint density at radius 2 is 1.90 bits per heavy atom. The molecule has 0 aromatic heterocycles. The largest absolute Gasteiger partial charge is 0.496 e. The van der Waals surface area contributed by atoms with Gasteiger partial charge in [0.1, 0.15) is 5.75 Å². The Labute approximate surface area is 173 Å². The second-order valence-electron chi connectivity index (χ2n) is 7.01. The van der Waals surface area contributed by atoms with E-state index in [9.17, 15) is 18.0 Å². The molecule has 5 nitrogen and oxygen atoms in total. The van der Waals surface area contributed by atoms with E-state index >= 15 is 0 Å². The molecule has 0 saturated heterocycles. The van der Waals surface area contributed by atoms with Crippen molar-refractivity contribution in [2.24, 2.45) is 4.99 Å². The number of rotatable bonds is 6. The number of carbonyl (C=O) groups is 1. The molecule has 0 aliphatic carbocycles. The summed E-state index contributed by atoms with van der Waals surface area (Å²) in [5.41, 5.74) is 1.72. The van der Waals surface area contributed by atoms with E-state index in [-0.39, 0.29) is 6.42 Å².